The maximum atomic E-state index is 13.7. The van der Waals surface area contributed by atoms with Gasteiger partial charge in [-0.3, -0.25) is 9.69 Å². The van der Waals surface area contributed by atoms with Crippen LogP contribution in [0.25, 0.3) is 6.08 Å². The minimum Gasteiger partial charge on any atom is -0.307 e. The van der Waals surface area contributed by atoms with Gasteiger partial charge in [-0.1, -0.05) is 64.8 Å². The van der Waals surface area contributed by atoms with Gasteiger partial charge in [-0.25, -0.2) is 9.37 Å². The van der Waals surface area contributed by atoms with Crippen molar-refractivity contribution in [2.45, 2.75) is 28.0 Å². The Kier molecular flexibility index (Phi) is 8.62. The van der Waals surface area contributed by atoms with Gasteiger partial charge in [0, 0.05) is 45.7 Å². The molecule has 4 aromatic rings. The molecular weight excluding hydrogens is 612 g/mol. The first-order chi connectivity index (χ1) is 20.3. The predicted octanol–water partition coefficient (Wildman–Crippen LogP) is 9.04. The molecule has 0 radical (unpaired) electrons. The van der Waals surface area contributed by atoms with Crippen LogP contribution in [0.1, 0.15) is 34.3 Å². The average Bonchev–Trinajstić information content (AvgIpc) is 3.30. The number of piperidine rings is 1. The fourth-order valence-corrected chi connectivity index (χ4v) is 7.11. The summed E-state index contributed by atoms with van der Waals surface area (Å²) in [7, 11) is 0. The van der Waals surface area contributed by atoms with Crippen molar-refractivity contribution in [1.82, 2.24) is 9.88 Å². The third-order valence-electron chi connectivity index (χ3n) is 7.99. The highest BCUT2D eigenvalue weighted by molar-refractivity contribution is 7.99. The molecule has 0 atom stereocenters. The Morgan fingerprint density at radius 3 is 2.43 bits per heavy atom. The number of hydrogen-bond donors (Lipinski definition) is 0. The Labute approximate surface area is 264 Å². The van der Waals surface area contributed by atoms with E-state index in [4.69, 9.17) is 34.8 Å². The Morgan fingerprint density at radius 1 is 0.929 bits per heavy atom. The lowest BCUT2D eigenvalue weighted by Crippen LogP contribution is -2.46. The van der Waals surface area contributed by atoms with E-state index >= 15 is 0 Å². The number of benzene rings is 3. The molecule has 9 heteroatoms. The zero-order chi connectivity index (χ0) is 29.3. The summed E-state index contributed by atoms with van der Waals surface area (Å²) in [5.74, 6) is -0.334. The monoisotopic (exact) mass is 637 g/mol. The molecule has 3 heterocycles. The molecule has 0 aliphatic carbocycles. The number of halogens is 4. The van der Waals surface area contributed by atoms with Crippen molar-refractivity contribution in [2.24, 2.45) is 0 Å². The van der Waals surface area contributed by atoms with Crippen molar-refractivity contribution in [3.8, 4) is 0 Å². The Bertz CT molecular complexity index is 1660. The van der Waals surface area contributed by atoms with Gasteiger partial charge in [0.1, 0.15) is 11.0 Å². The van der Waals surface area contributed by atoms with E-state index in [1.165, 1.54) is 17.7 Å². The van der Waals surface area contributed by atoms with Gasteiger partial charge in [0.25, 0.3) is 5.91 Å². The SMILES string of the molecule is O=C(c1ccnc(Cl)c1)N1CC2(CCN(CC=Cc3ccc(Cl)c(Cl)c3)CC2)c2cc(Sc3ccc(F)cc3)ccc21. The lowest BCUT2D eigenvalue weighted by Gasteiger charge is -2.39. The second-order valence-corrected chi connectivity index (χ2v) is 13.0. The molecule has 1 amide bonds. The molecule has 1 spiro atoms. The van der Waals surface area contributed by atoms with Crippen molar-refractivity contribution >= 4 is 64.2 Å². The number of nitrogens with zero attached hydrogens (tertiary/aromatic N) is 3. The number of fused-ring (bicyclic) bond motifs is 2. The summed E-state index contributed by atoms with van der Waals surface area (Å²) in [5.41, 5.74) is 3.50. The fourth-order valence-electron chi connectivity index (χ4n) is 5.77. The predicted molar refractivity (Wildman–Crippen MR) is 171 cm³/mol. The highest BCUT2D eigenvalue weighted by Gasteiger charge is 2.46. The second-order valence-electron chi connectivity index (χ2n) is 10.7. The van der Waals surface area contributed by atoms with Crippen molar-refractivity contribution in [1.29, 1.82) is 0 Å². The van der Waals surface area contributed by atoms with E-state index in [0.717, 1.165) is 53.5 Å². The molecule has 1 aromatic heterocycles. The first-order valence-corrected chi connectivity index (χ1v) is 15.6. The van der Waals surface area contributed by atoms with E-state index in [-0.39, 0.29) is 17.1 Å². The van der Waals surface area contributed by atoms with Crippen molar-refractivity contribution in [2.75, 3.05) is 31.1 Å². The summed E-state index contributed by atoms with van der Waals surface area (Å²) in [6, 6.07) is 21.8. The topological polar surface area (TPSA) is 36.4 Å². The molecule has 0 saturated carbocycles. The van der Waals surface area contributed by atoms with Crippen molar-refractivity contribution in [3.05, 3.63) is 123 Å². The molecule has 4 nitrogen and oxygen atoms in total. The molecule has 2 aliphatic rings. The molecule has 0 N–H and O–H groups in total. The quantitative estimate of drug-likeness (QED) is 0.198. The van der Waals surface area contributed by atoms with Crippen LogP contribution in [0.4, 0.5) is 10.1 Å². The minimum absolute atomic E-state index is 0.0802. The molecule has 2 aliphatic heterocycles. The van der Waals surface area contributed by atoms with Gasteiger partial charge in [-0.2, -0.15) is 0 Å². The van der Waals surface area contributed by atoms with Gasteiger partial charge in [0.05, 0.1) is 10.0 Å². The van der Waals surface area contributed by atoms with E-state index in [9.17, 15) is 9.18 Å². The van der Waals surface area contributed by atoms with E-state index in [2.05, 4.69) is 28.1 Å². The minimum atomic E-state index is -0.254. The summed E-state index contributed by atoms with van der Waals surface area (Å²) in [5, 5.41) is 1.39. The summed E-state index contributed by atoms with van der Waals surface area (Å²) in [6.07, 6.45) is 7.63. The Balaban J connectivity index is 1.23. The molecular formula is C33H27Cl3FN3OS. The first-order valence-electron chi connectivity index (χ1n) is 13.6. The van der Waals surface area contributed by atoms with Crippen LogP contribution in [0.2, 0.25) is 15.2 Å². The van der Waals surface area contributed by atoms with Crippen LogP contribution in [-0.4, -0.2) is 42.0 Å². The van der Waals surface area contributed by atoms with Gasteiger partial charge in [0.2, 0.25) is 0 Å². The number of carbonyl (C=O) groups is 1. The molecule has 42 heavy (non-hydrogen) atoms. The van der Waals surface area contributed by atoms with Crippen LogP contribution in [0.3, 0.4) is 0 Å². The summed E-state index contributed by atoms with van der Waals surface area (Å²) in [4.78, 5) is 24.1. The lowest BCUT2D eigenvalue weighted by molar-refractivity contribution is 0.0977. The van der Waals surface area contributed by atoms with E-state index < -0.39 is 0 Å². The number of rotatable bonds is 6. The summed E-state index contributed by atoms with van der Waals surface area (Å²) in [6.45, 7) is 3.24. The largest absolute Gasteiger partial charge is 0.307 e. The highest BCUT2D eigenvalue weighted by atomic mass is 35.5. The van der Waals surface area contributed by atoms with E-state index in [1.54, 1.807) is 48.3 Å². The van der Waals surface area contributed by atoms with Crippen molar-refractivity contribution in [3.63, 3.8) is 0 Å². The number of anilines is 1. The Hall–Kier alpha value is -2.87. The highest BCUT2D eigenvalue weighted by Crippen LogP contribution is 2.49. The van der Waals surface area contributed by atoms with E-state index in [0.29, 0.717) is 27.3 Å². The normalized spacial score (nSPS) is 16.3. The molecule has 6 rings (SSSR count). The zero-order valence-corrected chi connectivity index (χ0v) is 25.7. The van der Waals surface area contributed by atoms with Crippen LogP contribution < -0.4 is 4.90 Å². The summed E-state index contributed by atoms with van der Waals surface area (Å²) >= 11 is 19.9. The Morgan fingerprint density at radius 2 is 1.69 bits per heavy atom. The van der Waals surface area contributed by atoms with Crippen LogP contribution in [-0.2, 0) is 5.41 Å². The van der Waals surface area contributed by atoms with E-state index in [1.807, 2.05) is 29.2 Å². The van der Waals surface area contributed by atoms with Crippen LogP contribution in [0.5, 0.6) is 0 Å². The number of carbonyl (C=O) groups excluding carboxylic acids is 1. The maximum absolute atomic E-state index is 13.7. The van der Waals surface area contributed by atoms with Crippen LogP contribution >= 0.6 is 46.6 Å². The number of amides is 1. The molecule has 0 unspecified atom stereocenters. The summed E-state index contributed by atoms with van der Waals surface area (Å²) < 4.78 is 13.5. The molecule has 0 bridgehead atoms. The molecule has 214 valence electrons. The second kappa shape index (κ2) is 12.4. The fraction of sp³-hybridized carbons (Fsp3) is 0.212. The number of hydrogen-bond acceptors (Lipinski definition) is 4. The lowest BCUT2D eigenvalue weighted by atomic mass is 9.74. The standard InChI is InChI=1S/C33H27Cl3FN3OS/c34-28-9-3-22(18-29(28)35)2-1-15-39-16-12-33(13-17-39)21-40(32(41)23-11-14-38-31(36)19-23)30-10-8-26(20-27(30)33)42-25-6-4-24(37)5-7-25/h1-11,14,18-20H,12-13,15-17,21H2. The molecule has 3 aromatic carbocycles. The smallest absolute Gasteiger partial charge is 0.258 e. The number of likely N-dealkylation sites (tertiary alicyclic amines) is 1. The average molecular weight is 639 g/mol. The van der Waals surface area contributed by atoms with Gasteiger partial charge in [-0.15, -0.1) is 0 Å². The zero-order valence-electron chi connectivity index (χ0n) is 22.6. The molecule has 1 fully saturated rings. The third kappa shape index (κ3) is 6.24. The van der Waals surface area contributed by atoms with Gasteiger partial charge >= 0.3 is 0 Å². The van der Waals surface area contributed by atoms with Crippen molar-refractivity contribution < 1.29 is 9.18 Å². The third-order valence-corrected chi connectivity index (χ3v) is 9.93. The molecule has 1 saturated heterocycles. The number of aromatic nitrogens is 1. The number of pyridine rings is 1. The van der Waals surface area contributed by atoms with Crippen LogP contribution in [0, 0.1) is 5.82 Å². The maximum Gasteiger partial charge on any atom is 0.258 e. The van der Waals surface area contributed by atoms with Crippen LogP contribution in [0.15, 0.2) is 94.9 Å². The van der Waals surface area contributed by atoms with Gasteiger partial charge < -0.3 is 4.90 Å². The van der Waals surface area contributed by atoms with Gasteiger partial charge in [0.15, 0.2) is 0 Å². The first kappa shape index (κ1) is 29.2. The van der Waals surface area contributed by atoms with Gasteiger partial charge in [-0.05, 0) is 104 Å².